The van der Waals surface area contributed by atoms with Crippen LogP contribution >= 0.6 is 0 Å². The number of allylic oxidation sites excluding steroid dienone is 2. The zero-order valence-corrected chi connectivity index (χ0v) is 9.74. The summed E-state index contributed by atoms with van der Waals surface area (Å²) in [7, 11) is 0. The SMILES string of the molecule is O=C1[C@@H]2[C@@H]3C(=O)[C@@]45[C@H]6C=C[C@H]7C6C6[C@@H]([C@H]2[C@@H]3[C@H]64)[C@]175. The third kappa shape index (κ3) is 0.293. The van der Waals surface area contributed by atoms with E-state index in [4.69, 9.17) is 0 Å². The van der Waals surface area contributed by atoms with Gasteiger partial charge in [-0.25, -0.2) is 0 Å². The Hall–Kier alpha value is -0.920. The van der Waals surface area contributed by atoms with Crippen LogP contribution in [0.3, 0.4) is 0 Å². The molecule has 9 aliphatic rings. The molecular weight excluding hydrogens is 224 g/mol. The van der Waals surface area contributed by atoms with Crippen molar-refractivity contribution >= 4 is 11.6 Å². The molecule has 18 heavy (non-hydrogen) atoms. The molecule has 0 aromatic heterocycles. The summed E-state index contributed by atoms with van der Waals surface area (Å²) in [5.74, 6) is 6.63. The van der Waals surface area contributed by atoms with Crippen molar-refractivity contribution in [3.05, 3.63) is 12.2 Å². The fourth-order valence-corrected chi connectivity index (χ4v) is 10.1. The summed E-state index contributed by atoms with van der Waals surface area (Å²) in [6, 6.07) is 0. The van der Waals surface area contributed by atoms with Crippen LogP contribution in [0.25, 0.3) is 0 Å². The number of ketones is 2. The Labute approximate surface area is 104 Å². The Morgan fingerprint density at radius 1 is 0.722 bits per heavy atom. The van der Waals surface area contributed by atoms with Gasteiger partial charge in [0.15, 0.2) is 0 Å². The number of carbonyl (C=O) groups is 2. The number of hydrogen-bond donors (Lipinski definition) is 0. The maximum Gasteiger partial charge on any atom is 0.145 e. The molecule has 8 saturated carbocycles. The first-order valence-corrected chi connectivity index (χ1v) is 7.56. The summed E-state index contributed by atoms with van der Waals surface area (Å²) in [6.45, 7) is 0. The van der Waals surface area contributed by atoms with Crippen molar-refractivity contribution in [2.24, 2.45) is 70.0 Å². The smallest absolute Gasteiger partial charge is 0.145 e. The van der Waals surface area contributed by atoms with Gasteiger partial charge in [-0.05, 0) is 47.3 Å². The normalized spacial score (nSPS) is 87.3. The minimum Gasteiger partial charge on any atom is -0.299 e. The number of rotatable bonds is 0. The average Bonchev–Trinajstić information content (AvgIpc) is 3.06. The number of carbonyl (C=O) groups excluding carboxylic acids is 2. The maximum atomic E-state index is 13.1. The monoisotopic (exact) mass is 236 g/mol. The molecule has 0 N–H and O–H groups in total. The zero-order valence-electron chi connectivity index (χ0n) is 9.74. The molecule has 9 aliphatic carbocycles. The standard InChI is InChI=1S/C16H12O2/c17-13-8-6-7-9(8)14(18)16-4-2-1-3-5(4)10(12(7)16)11(6)15(3,13)16/h1-12H/t3-,4-,5?,6-,7-,8-,9+,10?,11+,12+,15-,16+/m0/s1. The third-order valence-corrected chi connectivity index (χ3v) is 9.33. The summed E-state index contributed by atoms with van der Waals surface area (Å²) in [5.41, 5.74) is -0.273. The highest BCUT2D eigenvalue weighted by molar-refractivity contribution is 6.14. The van der Waals surface area contributed by atoms with Crippen molar-refractivity contribution in [2.75, 3.05) is 0 Å². The van der Waals surface area contributed by atoms with Gasteiger partial charge in [-0.2, -0.15) is 0 Å². The first-order valence-electron chi connectivity index (χ1n) is 7.56. The molecule has 12 atom stereocenters. The quantitative estimate of drug-likeness (QED) is 0.586. The molecule has 88 valence electrons. The molecule has 2 unspecified atom stereocenters. The van der Waals surface area contributed by atoms with Crippen LogP contribution in [0.4, 0.5) is 0 Å². The molecule has 8 fully saturated rings. The molecule has 2 heteroatoms. The fourth-order valence-electron chi connectivity index (χ4n) is 10.1. The summed E-state index contributed by atoms with van der Waals surface area (Å²) >= 11 is 0. The van der Waals surface area contributed by atoms with E-state index in [1.54, 1.807) is 0 Å². The van der Waals surface area contributed by atoms with Crippen LogP contribution in [0.15, 0.2) is 12.2 Å². The molecule has 2 spiro atoms. The number of Topliss-reactive ketones (excluding diaryl/α,β-unsaturated/α-hetero) is 2. The Bertz CT molecular complexity index is 635. The van der Waals surface area contributed by atoms with Crippen molar-refractivity contribution in [1.82, 2.24) is 0 Å². The highest BCUT2D eigenvalue weighted by Crippen LogP contribution is 3.02. The molecule has 0 aromatic carbocycles. The van der Waals surface area contributed by atoms with Crippen molar-refractivity contribution in [3.63, 3.8) is 0 Å². The first-order chi connectivity index (χ1) is 8.79. The summed E-state index contributed by atoms with van der Waals surface area (Å²) in [5, 5.41) is 0. The van der Waals surface area contributed by atoms with Crippen LogP contribution in [0.1, 0.15) is 0 Å². The van der Waals surface area contributed by atoms with Gasteiger partial charge in [0.2, 0.25) is 0 Å². The van der Waals surface area contributed by atoms with Gasteiger partial charge in [0.1, 0.15) is 11.6 Å². The van der Waals surface area contributed by atoms with Gasteiger partial charge in [-0.1, -0.05) is 12.2 Å². The van der Waals surface area contributed by atoms with E-state index in [9.17, 15) is 9.59 Å². The van der Waals surface area contributed by atoms with Gasteiger partial charge in [0.25, 0.3) is 0 Å². The van der Waals surface area contributed by atoms with E-state index in [-0.39, 0.29) is 22.7 Å². The Kier molecular flexibility index (Phi) is 0.642. The van der Waals surface area contributed by atoms with E-state index >= 15 is 0 Å². The van der Waals surface area contributed by atoms with Crippen molar-refractivity contribution in [2.45, 2.75) is 0 Å². The summed E-state index contributed by atoms with van der Waals surface area (Å²) in [6.07, 6.45) is 4.68. The Morgan fingerprint density at radius 3 is 1.72 bits per heavy atom. The van der Waals surface area contributed by atoms with Crippen molar-refractivity contribution < 1.29 is 9.59 Å². The number of hydrogen-bond acceptors (Lipinski definition) is 2. The molecule has 8 bridgehead atoms. The van der Waals surface area contributed by atoms with E-state index in [2.05, 4.69) is 12.2 Å². The molecule has 0 amide bonds. The van der Waals surface area contributed by atoms with Gasteiger partial charge in [0.05, 0.1) is 10.8 Å². The largest absolute Gasteiger partial charge is 0.299 e. The van der Waals surface area contributed by atoms with Crippen molar-refractivity contribution in [3.8, 4) is 0 Å². The lowest BCUT2D eigenvalue weighted by molar-refractivity contribution is -0.157. The van der Waals surface area contributed by atoms with Crippen LogP contribution < -0.4 is 0 Å². The predicted molar refractivity (Wildman–Crippen MR) is 58.9 cm³/mol. The molecule has 0 aliphatic heterocycles. The van der Waals surface area contributed by atoms with Crippen LogP contribution in [0.5, 0.6) is 0 Å². The van der Waals surface area contributed by atoms with Crippen LogP contribution in [0.2, 0.25) is 0 Å². The van der Waals surface area contributed by atoms with E-state index in [1.165, 1.54) is 0 Å². The molecule has 0 saturated heterocycles. The lowest BCUT2D eigenvalue weighted by Crippen LogP contribution is -2.57. The highest BCUT2D eigenvalue weighted by atomic mass is 16.2. The topological polar surface area (TPSA) is 34.1 Å². The summed E-state index contributed by atoms with van der Waals surface area (Å²) < 4.78 is 0. The summed E-state index contributed by atoms with van der Waals surface area (Å²) in [4.78, 5) is 26.1. The minimum atomic E-state index is -0.137. The third-order valence-electron chi connectivity index (χ3n) is 9.33. The maximum absolute atomic E-state index is 13.1. The van der Waals surface area contributed by atoms with Crippen LogP contribution in [-0.4, -0.2) is 11.6 Å². The predicted octanol–water partition coefficient (Wildman–Crippen LogP) is 0.924. The average molecular weight is 236 g/mol. The number of fused-ring (bicyclic) bond motifs is 1. The molecular formula is C16H12O2. The first kappa shape index (κ1) is 7.62. The molecule has 0 aromatic rings. The van der Waals surface area contributed by atoms with E-state index in [1.807, 2.05) is 0 Å². The second-order valence-corrected chi connectivity index (χ2v) is 8.32. The van der Waals surface area contributed by atoms with Crippen LogP contribution in [-0.2, 0) is 9.59 Å². The van der Waals surface area contributed by atoms with Crippen LogP contribution in [0, 0.1) is 70.0 Å². The lowest BCUT2D eigenvalue weighted by atomic mass is 9.52. The fraction of sp³-hybridized carbons (Fsp3) is 0.750. The zero-order chi connectivity index (χ0) is 11.3. The lowest BCUT2D eigenvalue weighted by Gasteiger charge is -2.47. The molecule has 0 heterocycles. The second kappa shape index (κ2) is 1.52. The minimum absolute atomic E-state index is 0.137. The Morgan fingerprint density at radius 2 is 1.22 bits per heavy atom. The molecule has 0 radical (unpaired) electrons. The van der Waals surface area contributed by atoms with Gasteiger partial charge in [0, 0.05) is 11.8 Å². The van der Waals surface area contributed by atoms with Gasteiger partial charge >= 0.3 is 0 Å². The van der Waals surface area contributed by atoms with Gasteiger partial charge in [-0.15, -0.1) is 0 Å². The highest BCUT2D eigenvalue weighted by Gasteiger charge is 3.06. The van der Waals surface area contributed by atoms with E-state index in [0.717, 1.165) is 5.92 Å². The Balaban J connectivity index is 1.72. The van der Waals surface area contributed by atoms with Crippen molar-refractivity contribution in [1.29, 1.82) is 0 Å². The van der Waals surface area contributed by atoms with E-state index < -0.39 is 0 Å². The molecule has 2 nitrogen and oxygen atoms in total. The second-order valence-electron chi connectivity index (χ2n) is 8.32. The van der Waals surface area contributed by atoms with E-state index in [0.29, 0.717) is 53.0 Å². The van der Waals surface area contributed by atoms with Gasteiger partial charge in [-0.3, -0.25) is 9.59 Å². The molecule has 9 rings (SSSR count). The van der Waals surface area contributed by atoms with Gasteiger partial charge < -0.3 is 0 Å².